The van der Waals surface area contributed by atoms with Crippen molar-refractivity contribution in [1.29, 1.82) is 0 Å². The number of anilines is 1. The van der Waals surface area contributed by atoms with Gasteiger partial charge in [-0.2, -0.15) is 0 Å². The maximum absolute atomic E-state index is 12.6. The summed E-state index contributed by atoms with van der Waals surface area (Å²) in [7, 11) is 0. The van der Waals surface area contributed by atoms with Crippen molar-refractivity contribution in [1.82, 2.24) is 9.88 Å². The predicted octanol–water partition coefficient (Wildman–Crippen LogP) is 1.34. The highest BCUT2D eigenvalue weighted by atomic mass is 16.5. The molecule has 0 N–H and O–H groups in total. The lowest BCUT2D eigenvalue weighted by Gasteiger charge is -2.36. The Labute approximate surface area is 139 Å². The molecule has 3 heterocycles. The lowest BCUT2D eigenvalue weighted by atomic mass is 10.1. The second kappa shape index (κ2) is 6.05. The Balaban J connectivity index is 1.59. The number of para-hydroxylation sites is 1. The standard InChI is InChI=1S/C18H17N3O3/c22-17-12-24-16-11-20(18(23)13-5-4-8-19-9-13)10-15(16)21(17)14-6-2-1-3-7-14/h1-9,15-16H,10-12H2. The molecule has 0 bridgehead atoms. The van der Waals surface area contributed by atoms with Gasteiger partial charge in [0.15, 0.2) is 0 Å². The fraction of sp³-hybridized carbons (Fsp3) is 0.278. The van der Waals surface area contributed by atoms with Gasteiger partial charge in [-0.3, -0.25) is 14.6 Å². The van der Waals surface area contributed by atoms with E-state index in [4.69, 9.17) is 4.74 Å². The minimum atomic E-state index is -0.163. The molecule has 1 aromatic heterocycles. The largest absolute Gasteiger partial charge is 0.364 e. The van der Waals surface area contributed by atoms with Gasteiger partial charge in [-0.25, -0.2) is 0 Å². The maximum atomic E-state index is 12.6. The Hall–Kier alpha value is -2.73. The van der Waals surface area contributed by atoms with E-state index in [-0.39, 0.29) is 30.6 Å². The van der Waals surface area contributed by atoms with Crippen molar-refractivity contribution in [2.24, 2.45) is 0 Å². The highest BCUT2D eigenvalue weighted by Crippen LogP contribution is 2.29. The summed E-state index contributed by atoms with van der Waals surface area (Å²) in [4.78, 5) is 32.5. The van der Waals surface area contributed by atoms with E-state index in [0.29, 0.717) is 18.7 Å². The molecule has 0 radical (unpaired) electrons. The number of amides is 2. The van der Waals surface area contributed by atoms with Crippen molar-refractivity contribution >= 4 is 17.5 Å². The smallest absolute Gasteiger partial charge is 0.255 e. The summed E-state index contributed by atoms with van der Waals surface area (Å²) in [6, 6.07) is 12.9. The van der Waals surface area contributed by atoms with E-state index in [1.54, 1.807) is 34.3 Å². The SMILES string of the molecule is O=C(c1cccnc1)N1CC2OCC(=O)N(c3ccccc3)C2C1. The zero-order valence-electron chi connectivity index (χ0n) is 13.0. The molecule has 2 unspecified atom stereocenters. The van der Waals surface area contributed by atoms with Gasteiger partial charge >= 0.3 is 0 Å². The van der Waals surface area contributed by atoms with Gasteiger partial charge in [0.25, 0.3) is 11.8 Å². The summed E-state index contributed by atoms with van der Waals surface area (Å²) >= 11 is 0. The molecule has 24 heavy (non-hydrogen) atoms. The van der Waals surface area contributed by atoms with Gasteiger partial charge in [0.05, 0.1) is 17.7 Å². The van der Waals surface area contributed by atoms with E-state index in [9.17, 15) is 9.59 Å². The number of pyridine rings is 1. The average Bonchev–Trinajstić information content (AvgIpc) is 3.06. The van der Waals surface area contributed by atoms with Gasteiger partial charge in [0.2, 0.25) is 0 Å². The third-order valence-corrected chi connectivity index (χ3v) is 4.49. The Morgan fingerprint density at radius 2 is 1.96 bits per heavy atom. The van der Waals surface area contributed by atoms with E-state index in [0.717, 1.165) is 5.69 Å². The summed E-state index contributed by atoms with van der Waals surface area (Å²) in [6.07, 6.45) is 3.04. The first-order valence-electron chi connectivity index (χ1n) is 7.92. The molecule has 122 valence electrons. The Morgan fingerprint density at radius 1 is 1.12 bits per heavy atom. The lowest BCUT2D eigenvalue weighted by Crippen LogP contribution is -2.54. The van der Waals surface area contributed by atoms with Crippen LogP contribution in [-0.2, 0) is 9.53 Å². The average molecular weight is 323 g/mol. The van der Waals surface area contributed by atoms with Crippen molar-refractivity contribution < 1.29 is 14.3 Å². The number of aromatic nitrogens is 1. The topological polar surface area (TPSA) is 62.7 Å². The first-order valence-corrected chi connectivity index (χ1v) is 7.92. The molecule has 2 aliphatic heterocycles. The quantitative estimate of drug-likeness (QED) is 0.837. The number of fused-ring (bicyclic) bond motifs is 1. The number of benzene rings is 1. The van der Waals surface area contributed by atoms with Gasteiger partial charge in [-0.05, 0) is 24.3 Å². The van der Waals surface area contributed by atoms with Crippen LogP contribution in [0.15, 0.2) is 54.9 Å². The van der Waals surface area contributed by atoms with Crippen LogP contribution in [0.1, 0.15) is 10.4 Å². The monoisotopic (exact) mass is 323 g/mol. The number of rotatable bonds is 2. The number of likely N-dealkylation sites (tertiary alicyclic amines) is 1. The number of hydrogen-bond donors (Lipinski definition) is 0. The molecule has 0 aliphatic carbocycles. The van der Waals surface area contributed by atoms with E-state index in [1.807, 2.05) is 30.3 Å². The highest BCUT2D eigenvalue weighted by molar-refractivity contribution is 5.97. The molecule has 6 nitrogen and oxygen atoms in total. The molecule has 4 rings (SSSR count). The molecule has 6 heteroatoms. The highest BCUT2D eigenvalue weighted by Gasteiger charge is 2.45. The van der Waals surface area contributed by atoms with E-state index in [1.165, 1.54) is 0 Å². The maximum Gasteiger partial charge on any atom is 0.255 e. The molecular formula is C18H17N3O3. The van der Waals surface area contributed by atoms with Crippen LogP contribution >= 0.6 is 0 Å². The Bertz CT molecular complexity index is 751. The van der Waals surface area contributed by atoms with Crippen molar-refractivity contribution in [2.45, 2.75) is 12.1 Å². The summed E-state index contributed by atoms with van der Waals surface area (Å²) in [5.74, 6) is -0.153. The molecule has 2 aliphatic rings. The fourth-order valence-corrected chi connectivity index (χ4v) is 3.36. The van der Waals surface area contributed by atoms with Gasteiger partial charge in [-0.15, -0.1) is 0 Å². The fourth-order valence-electron chi connectivity index (χ4n) is 3.36. The third-order valence-electron chi connectivity index (χ3n) is 4.49. The molecule has 0 spiro atoms. The molecular weight excluding hydrogens is 306 g/mol. The van der Waals surface area contributed by atoms with Gasteiger partial charge in [-0.1, -0.05) is 18.2 Å². The molecule has 2 fully saturated rings. The first-order chi connectivity index (χ1) is 11.7. The number of morpholine rings is 1. The van der Waals surface area contributed by atoms with Gasteiger partial charge in [0, 0.05) is 31.2 Å². The number of carbonyl (C=O) groups is 2. The zero-order valence-corrected chi connectivity index (χ0v) is 13.0. The third kappa shape index (κ3) is 2.55. The van der Waals surface area contributed by atoms with Crippen LogP contribution in [0.5, 0.6) is 0 Å². The number of hydrogen-bond acceptors (Lipinski definition) is 4. The minimum Gasteiger partial charge on any atom is -0.364 e. The van der Waals surface area contributed by atoms with Crippen LogP contribution in [0.4, 0.5) is 5.69 Å². The number of nitrogens with zero attached hydrogens (tertiary/aromatic N) is 3. The van der Waals surface area contributed by atoms with Crippen molar-refractivity contribution in [3.63, 3.8) is 0 Å². The summed E-state index contributed by atoms with van der Waals surface area (Å²) in [5.41, 5.74) is 1.39. The van der Waals surface area contributed by atoms with Crippen LogP contribution in [0, 0.1) is 0 Å². The van der Waals surface area contributed by atoms with E-state index in [2.05, 4.69) is 4.98 Å². The normalized spacial score (nSPS) is 23.2. The summed E-state index contributed by atoms with van der Waals surface area (Å²) in [6.45, 7) is 0.985. The molecule has 1 aromatic carbocycles. The predicted molar refractivity (Wildman–Crippen MR) is 87.6 cm³/mol. The second-order valence-electron chi connectivity index (χ2n) is 5.97. The molecule has 2 amide bonds. The molecule has 2 atom stereocenters. The number of carbonyl (C=O) groups excluding carboxylic acids is 2. The molecule has 2 saturated heterocycles. The minimum absolute atomic E-state index is 0.0466. The number of ether oxygens (including phenoxy) is 1. The van der Waals surface area contributed by atoms with Gasteiger partial charge < -0.3 is 14.5 Å². The lowest BCUT2D eigenvalue weighted by molar-refractivity contribution is -0.130. The molecule has 0 saturated carbocycles. The molecule has 2 aromatic rings. The van der Waals surface area contributed by atoms with Gasteiger partial charge in [0.1, 0.15) is 6.61 Å². The summed E-state index contributed by atoms with van der Waals surface area (Å²) < 4.78 is 5.68. The van der Waals surface area contributed by atoms with Crippen LogP contribution < -0.4 is 4.90 Å². The van der Waals surface area contributed by atoms with Crippen LogP contribution in [0.3, 0.4) is 0 Å². The van der Waals surface area contributed by atoms with E-state index < -0.39 is 0 Å². The Morgan fingerprint density at radius 3 is 2.71 bits per heavy atom. The van der Waals surface area contributed by atoms with E-state index >= 15 is 0 Å². The zero-order chi connectivity index (χ0) is 16.5. The first kappa shape index (κ1) is 14.8. The van der Waals surface area contributed by atoms with Crippen molar-refractivity contribution in [2.75, 3.05) is 24.6 Å². The van der Waals surface area contributed by atoms with Crippen molar-refractivity contribution in [3.05, 3.63) is 60.4 Å². The van der Waals surface area contributed by atoms with Crippen LogP contribution in [-0.4, -0.2) is 53.5 Å². The van der Waals surface area contributed by atoms with Crippen LogP contribution in [0.25, 0.3) is 0 Å². The summed E-state index contributed by atoms with van der Waals surface area (Å²) in [5, 5.41) is 0. The van der Waals surface area contributed by atoms with Crippen LogP contribution in [0.2, 0.25) is 0 Å². The Kier molecular flexibility index (Phi) is 3.74. The van der Waals surface area contributed by atoms with Crippen molar-refractivity contribution in [3.8, 4) is 0 Å². The second-order valence-corrected chi connectivity index (χ2v) is 5.97.